The number of hydrogen-bond donors (Lipinski definition) is 1. The van der Waals surface area contributed by atoms with Crippen LogP contribution in [0.3, 0.4) is 0 Å². The number of rotatable bonds is 2. The number of fused-ring (bicyclic) bond motifs is 1. The predicted molar refractivity (Wildman–Crippen MR) is 62.6 cm³/mol. The molecule has 5 unspecified atom stereocenters. The van der Waals surface area contributed by atoms with Gasteiger partial charge in [-0.1, -0.05) is 0 Å². The van der Waals surface area contributed by atoms with Crippen molar-refractivity contribution in [1.82, 2.24) is 15.3 Å². The lowest BCUT2D eigenvalue weighted by atomic mass is 9.88. The van der Waals surface area contributed by atoms with Gasteiger partial charge in [0.1, 0.15) is 12.4 Å². The molecule has 3 aliphatic rings. The molecule has 0 radical (unpaired) electrons. The molecule has 4 rings (SSSR count). The molecule has 1 saturated heterocycles. The molecule has 0 amide bonds. The average molecular weight is 249 g/mol. The number of nitrogens with one attached hydrogen (secondary N) is 1. The predicted octanol–water partition coefficient (Wildman–Crippen LogP) is 1.30. The summed E-state index contributed by atoms with van der Waals surface area (Å²) in [5, 5.41) is 3.52. The summed E-state index contributed by atoms with van der Waals surface area (Å²) in [6.45, 7) is 2.73. The molecule has 2 heterocycles. The van der Waals surface area contributed by atoms with Gasteiger partial charge in [0.2, 0.25) is 5.82 Å². The fourth-order valence-electron chi connectivity index (χ4n) is 4.05. The molecule has 4 nitrogen and oxygen atoms in total. The molecule has 0 spiro atoms. The second-order valence-electron chi connectivity index (χ2n) is 5.75. The highest BCUT2D eigenvalue weighted by Crippen LogP contribution is 2.52. The zero-order valence-electron chi connectivity index (χ0n) is 10.3. The maximum atomic E-state index is 13.9. The summed E-state index contributed by atoms with van der Waals surface area (Å²) >= 11 is 0. The van der Waals surface area contributed by atoms with Crippen LogP contribution < -0.4 is 10.1 Å². The van der Waals surface area contributed by atoms with E-state index in [4.69, 9.17) is 4.74 Å². The summed E-state index contributed by atoms with van der Waals surface area (Å²) in [6, 6.07) is 0.392. The third-order valence-electron chi connectivity index (χ3n) is 4.86. The van der Waals surface area contributed by atoms with Crippen molar-refractivity contribution >= 4 is 0 Å². The van der Waals surface area contributed by atoms with E-state index in [2.05, 4.69) is 15.3 Å². The van der Waals surface area contributed by atoms with Crippen molar-refractivity contribution in [2.45, 2.75) is 31.9 Å². The van der Waals surface area contributed by atoms with Crippen LogP contribution in [0.5, 0.6) is 5.88 Å². The molecule has 18 heavy (non-hydrogen) atoms. The fourth-order valence-corrected chi connectivity index (χ4v) is 4.05. The Morgan fingerprint density at radius 1 is 1.33 bits per heavy atom. The highest BCUT2D eigenvalue weighted by atomic mass is 19.1. The largest absolute Gasteiger partial charge is 0.470 e. The number of nitrogens with zero attached hydrogens (tertiary/aromatic N) is 2. The van der Waals surface area contributed by atoms with E-state index < -0.39 is 5.82 Å². The van der Waals surface area contributed by atoms with Gasteiger partial charge in [-0.05, 0) is 44.1 Å². The average Bonchev–Trinajstić information content (AvgIpc) is 2.96. The van der Waals surface area contributed by atoms with Gasteiger partial charge in [-0.3, -0.25) is 0 Å². The summed E-state index contributed by atoms with van der Waals surface area (Å²) < 4.78 is 19.7. The Hall–Kier alpha value is -1.23. The first-order chi connectivity index (χ1) is 8.74. The number of aryl methyl sites for hydroxylation is 1. The highest BCUT2D eigenvalue weighted by molar-refractivity contribution is 5.19. The fraction of sp³-hybridized carbons (Fsp3) is 0.692. The summed E-state index contributed by atoms with van der Waals surface area (Å²) in [7, 11) is 0. The number of ether oxygens (including phenoxy) is 1. The van der Waals surface area contributed by atoms with E-state index in [1.807, 2.05) is 0 Å². The third kappa shape index (κ3) is 1.34. The van der Waals surface area contributed by atoms with Crippen LogP contribution in [0.4, 0.5) is 4.39 Å². The van der Waals surface area contributed by atoms with Gasteiger partial charge in [0.05, 0.1) is 5.69 Å². The minimum absolute atomic E-state index is 0.0811. The molecule has 1 aliphatic heterocycles. The Labute approximate surface area is 105 Å². The molecule has 0 aromatic carbocycles. The lowest BCUT2D eigenvalue weighted by Crippen LogP contribution is -2.41. The van der Waals surface area contributed by atoms with Gasteiger partial charge in [-0.2, -0.15) is 9.37 Å². The van der Waals surface area contributed by atoms with Crippen LogP contribution in [-0.2, 0) is 0 Å². The van der Waals surface area contributed by atoms with E-state index in [1.54, 1.807) is 6.92 Å². The van der Waals surface area contributed by atoms with E-state index in [1.165, 1.54) is 19.2 Å². The third-order valence-corrected chi connectivity index (χ3v) is 4.86. The smallest absolute Gasteiger partial charge is 0.254 e. The second-order valence-corrected chi connectivity index (χ2v) is 5.75. The van der Waals surface area contributed by atoms with Gasteiger partial charge < -0.3 is 10.1 Å². The Morgan fingerprint density at radius 2 is 2.22 bits per heavy atom. The molecular weight excluding hydrogens is 233 g/mol. The number of aromatic nitrogens is 2. The van der Waals surface area contributed by atoms with E-state index in [-0.39, 0.29) is 12.0 Å². The second kappa shape index (κ2) is 3.63. The summed E-state index contributed by atoms with van der Waals surface area (Å²) in [4.78, 5) is 7.76. The Balaban J connectivity index is 1.61. The van der Waals surface area contributed by atoms with Crippen LogP contribution in [0.1, 0.15) is 18.5 Å². The van der Waals surface area contributed by atoms with Crippen molar-refractivity contribution in [1.29, 1.82) is 0 Å². The van der Waals surface area contributed by atoms with Crippen LogP contribution in [0.2, 0.25) is 0 Å². The van der Waals surface area contributed by atoms with Gasteiger partial charge in [0.15, 0.2) is 0 Å². The Morgan fingerprint density at radius 3 is 3.11 bits per heavy atom. The minimum atomic E-state index is -0.421. The van der Waals surface area contributed by atoms with Crippen LogP contribution in [-0.4, -0.2) is 28.7 Å². The standard InChI is InChI=1S/C13H16FN3O/c1-6-10(14)13(17-5-16-6)18-12-7-2-8-4-15-11(12)9(8)3-7/h5,7-9,11-12,15H,2-4H2,1H3. The van der Waals surface area contributed by atoms with E-state index in [0.29, 0.717) is 17.7 Å². The molecule has 5 heteroatoms. The first-order valence-electron chi connectivity index (χ1n) is 6.61. The van der Waals surface area contributed by atoms with Crippen LogP contribution in [0, 0.1) is 30.5 Å². The molecule has 2 bridgehead atoms. The highest BCUT2D eigenvalue weighted by Gasteiger charge is 2.57. The van der Waals surface area contributed by atoms with Gasteiger partial charge in [0.25, 0.3) is 5.88 Å². The molecule has 96 valence electrons. The first kappa shape index (κ1) is 10.7. The monoisotopic (exact) mass is 249 g/mol. The van der Waals surface area contributed by atoms with Crippen molar-refractivity contribution in [3.63, 3.8) is 0 Å². The van der Waals surface area contributed by atoms with Crippen LogP contribution >= 0.6 is 0 Å². The lowest BCUT2D eigenvalue weighted by molar-refractivity contribution is 0.104. The molecule has 5 atom stereocenters. The van der Waals surface area contributed by atoms with Gasteiger partial charge in [-0.15, -0.1) is 0 Å². The molecular formula is C13H16FN3O. The van der Waals surface area contributed by atoms with Crippen molar-refractivity contribution in [3.05, 3.63) is 17.8 Å². The Kier molecular flexibility index (Phi) is 2.15. The molecule has 2 aliphatic carbocycles. The van der Waals surface area contributed by atoms with E-state index in [0.717, 1.165) is 18.4 Å². The van der Waals surface area contributed by atoms with Gasteiger partial charge >= 0.3 is 0 Å². The minimum Gasteiger partial charge on any atom is -0.470 e. The molecule has 2 saturated carbocycles. The summed E-state index contributed by atoms with van der Waals surface area (Å²) in [6.07, 6.45) is 3.88. The number of hydrogen-bond acceptors (Lipinski definition) is 4. The maximum Gasteiger partial charge on any atom is 0.254 e. The van der Waals surface area contributed by atoms with Crippen LogP contribution in [0.15, 0.2) is 6.33 Å². The molecule has 1 aromatic heterocycles. The van der Waals surface area contributed by atoms with E-state index in [9.17, 15) is 4.39 Å². The summed E-state index contributed by atoms with van der Waals surface area (Å²) in [5.41, 5.74) is 0.348. The number of halogens is 1. The zero-order valence-corrected chi connectivity index (χ0v) is 10.3. The van der Waals surface area contributed by atoms with Gasteiger partial charge in [-0.25, -0.2) is 4.98 Å². The van der Waals surface area contributed by atoms with Crippen molar-refractivity contribution < 1.29 is 9.13 Å². The van der Waals surface area contributed by atoms with Crippen molar-refractivity contribution in [2.24, 2.45) is 17.8 Å². The zero-order chi connectivity index (χ0) is 12.3. The molecule has 1 aromatic rings. The maximum absolute atomic E-state index is 13.9. The summed E-state index contributed by atoms with van der Waals surface area (Å²) in [5.74, 6) is 1.80. The molecule has 3 fully saturated rings. The Bertz CT molecular complexity index is 493. The van der Waals surface area contributed by atoms with Crippen LogP contribution in [0.25, 0.3) is 0 Å². The van der Waals surface area contributed by atoms with Gasteiger partial charge in [0, 0.05) is 6.04 Å². The topological polar surface area (TPSA) is 47.0 Å². The quantitative estimate of drug-likeness (QED) is 0.858. The molecule has 1 N–H and O–H groups in total. The van der Waals surface area contributed by atoms with Crippen molar-refractivity contribution in [3.8, 4) is 5.88 Å². The van der Waals surface area contributed by atoms with Crippen molar-refractivity contribution in [2.75, 3.05) is 6.54 Å². The normalized spacial score (nSPS) is 40.4. The SMILES string of the molecule is Cc1ncnc(OC2C3CC4CNC2C4C3)c1F. The lowest BCUT2D eigenvalue weighted by Gasteiger charge is -2.28. The first-order valence-corrected chi connectivity index (χ1v) is 6.61. The van der Waals surface area contributed by atoms with E-state index >= 15 is 0 Å².